The normalized spacial score (nSPS) is 24.6. The van der Waals surface area contributed by atoms with Gasteiger partial charge in [-0.25, -0.2) is 13.6 Å². The lowest BCUT2D eigenvalue weighted by atomic mass is 10.0. The molecule has 1 saturated heterocycles. The zero-order valence-corrected chi connectivity index (χ0v) is 14.8. The van der Waals surface area contributed by atoms with Gasteiger partial charge >= 0.3 is 5.97 Å². The minimum absolute atomic E-state index is 0.0287. The molecule has 1 aromatic heterocycles. The molecule has 3 aliphatic rings. The van der Waals surface area contributed by atoms with Gasteiger partial charge in [-0.05, 0) is 43.6 Å². The lowest BCUT2D eigenvalue weighted by Gasteiger charge is -2.23. The molecule has 142 valence electrons. The number of rotatable bonds is 3. The second-order valence-electron chi connectivity index (χ2n) is 8.09. The molecule has 2 heterocycles. The summed E-state index contributed by atoms with van der Waals surface area (Å²) in [5.41, 5.74) is -1.33. The Morgan fingerprint density at radius 3 is 2.37 bits per heavy atom. The van der Waals surface area contributed by atoms with E-state index in [0.29, 0.717) is 24.9 Å². The summed E-state index contributed by atoms with van der Waals surface area (Å²) in [6.45, 7) is 1.26. The van der Waals surface area contributed by atoms with Gasteiger partial charge in [-0.15, -0.1) is 0 Å². The number of aromatic nitrogens is 1. The fourth-order valence-corrected chi connectivity index (χ4v) is 4.93. The van der Waals surface area contributed by atoms with E-state index in [4.69, 9.17) is 0 Å². The van der Waals surface area contributed by atoms with Crippen molar-refractivity contribution >= 4 is 22.6 Å². The maximum absolute atomic E-state index is 15.5. The molecule has 0 spiro atoms. The Morgan fingerprint density at radius 2 is 1.78 bits per heavy atom. The van der Waals surface area contributed by atoms with Crippen molar-refractivity contribution in [1.29, 1.82) is 0 Å². The molecule has 1 N–H and O–H groups in total. The number of halogens is 2. The number of carboxylic acid groups (broad SMARTS) is 1. The molecule has 2 aliphatic carbocycles. The molecule has 5 nitrogen and oxygen atoms in total. The number of hydrogen-bond acceptors (Lipinski definition) is 3. The predicted molar refractivity (Wildman–Crippen MR) is 96.4 cm³/mol. The van der Waals surface area contributed by atoms with E-state index in [1.54, 1.807) is 4.90 Å². The van der Waals surface area contributed by atoms with Gasteiger partial charge in [-0.2, -0.15) is 0 Å². The molecule has 0 bridgehead atoms. The molecule has 1 aromatic carbocycles. The predicted octanol–water partition coefficient (Wildman–Crippen LogP) is 3.55. The van der Waals surface area contributed by atoms with Gasteiger partial charge in [0.2, 0.25) is 5.43 Å². The van der Waals surface area contributed by atoms with Crippen molar-refractivity contribution < 1.29 is 18.7 Å². The Labute approximate surface area is 154 Å². The Balaban J connectivity index is 1.73. The van der Waals surface area contributed by atoms with Gasteiger partial charge in [0, 0.05) is 25.3 Å². The highest BCUT2D eigenvalue weighted by Gasteiger charge is 2.39. The number of carboxylic acids is 1. The van der Waals surface area contributed by atoms with E-state index in [0.717, 1.165) is 31.7 Å². The minimum Gasteiger partial charge on any atom is -0.477 e. The monoisotopic (exact) mass is 374 g/mol. The van der Waals surface area contributed by atoms with Crippen molar-refractivity contribution in [1.82, 2.24) is 4.57 Å². The summed E-state index contributed by atoms with van der Waals surface area (Å²) >= 11 is 0. The number of benzene rings is 1. The minimum atomic E-state index is -1.38. The second-order valence-corrected chi connectivity index (χ2v) is 8.09. The molecule has 7 heteroatoms. The van der Waals surface area contributed by atoms with Crippen LogP contribution in [0.4, 0.5) is 14.5 Å². The second kappa shape index (κ2) is 5.78. The van der Waals surface area contributed by atoms with Gasteiger partial charge in [0.1, 0.15) is 17.1 Å². The maximum atomic E-state index is 15.5. The summed E-state index contributed by atoms with van der Waals surface area (Å²) in [5, 5.41) is 9.11. The summed E-state index contributed by atoms with van der Waals surface area (Å²) in [6.07, 6.45) is 6.15. The molecule has 3 fully saturated rings. The van der Waals surface area contributed by atoms with Crippen LogP contribution in [-0.4, -0.2) is 28.7 Å². The van der Waals surface area contributed by atoms with Crippen LogP contribution in [0.2, 0.25) is 0 Å². The average molecular weight is 374 g/mol. The van der Waals surface area contributed by atoms with Gasteiger partial charge in [-0.3, -0.25) is 4.79 Å². The van der Waals surface area contributed by atoms with Crippen LogP contribution >= 0.6 is 0 Å². The van der Waals surface area contributed by atoms with Gasteiger partial charge < -0.3 is 14.6 Å². The van der Waals surface area contributed by atoms with Crippen molar-refractivity contribution in [2.75, 3.05) is 18.0 Å². The molecule has 5 rings (SSSR count). The molecule has 0 radical (unpaired) electrons. The Kier molecular flexibility index (Phi) is 3.58. The van der Waals surface area contributed by atoms with Crippen LogP contribution in [0.25, 0.3) is 10.9 Å². The lowest BCUT2D eigenvalue weighted by Crippen LogP contribution is -2.25. The Bertz CT molecular complexity index is 1020. The third-order valence-electron chi connectivity index (χ3n) is 6.40. The first-order chi connectivity index (χ1) is 13.0. The number of nitrogens with zero attached hydrogens (tertiary/aromatic N) is 2. The van der Waals surface area contributed by atoms with Crippen LogP contribution in [0, 0.1) is 23.5 Å². The first-order valence-electron chi connectivity index (χ1n) is 9.50. The van der Waals surface area contributed by atoms with Crippen LogP contribution < -0.4 is 10.3 Å². The molecule has 0 amide bonds. The maximum Gasteiger partial charge on any atom is 0.341 e. The molecule has 2 unspecified atom stereocenters. The van der Waals surface area contributed by atoms with E-state index >= 15 is 4.39 Å². The van der Waals surface area contributed by atoms with Gasteiger partial charge in [0.05, 0.1) is 10.9 Å². The van der Waals surface area contributed by atoms with E-state index in [1.165, 1.54) is 17.2 Å². The van der Waals surface area contributed by atoms with Gasteiger partial charge in [0.15, 0.2) is 5.82 Å². The number of hydrogen-bond donors (Lipinski definition) is 1. The fraction of sp³-hybridized carbons (Fsp3) is 0.500. The first-order valence-corrected chi connectivity index (χ1v) is 9.50. The van der Waals surface area contributed by atoms with Crippen molar-refractivity contribution in [2.24, 2.45) is 11.8 Å². The smallest absolute Gasteiger partial charge is 0.341 e. The van der Waals surface area contributed by atoms with E-state index in [-0.39, 0.29) is 22.6 Å². The van der Waals surface area contributed by atoms with E-state index < -0.39 is 28.6 Å². The summed E-state index contributed by atoms with van der Waals surface area (Å²) in [4.78, 5) is 25.7. The fourth-order valence-electron chi connectivity index (χ4n) is 4.93. The number of pyridine rings is 1. The SMILES string of the molecule is O=C(O)c1cn(C2CC2)c2c(F)c(N3CC4CCCC4C3)c(F)cc2c1=O. The van der Waals surface area contributed by atoms with E-state index in [2.05, 4.69) is 0 Å². The van der Waals surface area contributed by atoms with Crippen LogP contribution in [0.5, 0.6) is 0 Å². The number of fused-ring (bicyclic) bond motifs is 2. The van der Waals surface area contributed by atoms with Crippen LogP contribution in [0.15, 0.2) is 17.1 Å². The third kappa shape index (κ3) is 2.47. The van der Waals surface area contributed by atoms with Gasteiger partial charge in [0.25, 0.3) is 0 Å². The zero-order valence-electron chi connectivity index (χ0n) is 14.8. The highest BCUT2D eigenvalue weighted by Crippen LogP contribution is 2.43. The van der Waals surface area contributed by atoms with Gasteiger partial charge in [-0.1, -0.05) is 6.42 Å². The summed E-state index contributed by atoms with van der Waals surface area (Å²) in [6, 6.07) is 0.979. The quantitative estimate of drug-likeness (QED) is 0.893. The standard InChI is InChI=1S/C20H20F2N2O3/c21-15-6-13-17(24(12-4-5-12)9-14(19(13)25)20(26)27)16(22)18(15)23-7-10-2-1-3-11(10)8-23/h6,9-12H,1-5,7-8H2,(H,26,27). The number of carbonyl (C=O) groups is 1. The Hall–Kier alpha value is -2.44. The van der Waals surface area contributed by atoms with Crippen LogP contribution in [-0.2, 0) is 0 Å². The van der Waals surface area contributed by atoms with Crippen LogP contribution in [0.3, 0.4) is 0 Å². The van der Waals surface area contributed by atoms with E-state index in [1.807, 2.05) is 0 Å². The molecule has 2 saturated carbocycles. The highest BCUT2D eigenvalue weighted by atomic mass is 19.1. The molecular weight excluding hydrogens is 354 g/mol. The first kappa shape index (κ1) is 16.7. The Morgan fingerprint density at radius 1 is 1.11 bits per heavy atom. The van der Waals surface area contributed by atoms with Crippen molar-refractivity contribution in [3.63, 3.8) is 0 Å². The average Bonchev–Trinajstić information content (AvgIpc) is 3.24. The zero-order chi connectivity index (χ0) is 18.9. The van der Waals surface area contributed by atoms with E-state index in [9.17, 15) is 19.1 Å². The molecular formula is C20H20F2N2O3. The summed E-state index contributed by atoms with van der Waals surface area (Å²) in [7, 11) is 0. The van der Waals surface area contributed by atoms with Crippen molar-refractivity contribution in [3.05, 3.63) is 39.7 Å². The molecule has 2 atom stereocenters. The topological polar surface area (TPSA) is 62.5 Å². The number of anilines is 1. The lowest BCUT2D eigenvalue weighted by molar-refractivity contribution is 0.0695. The van der Waals surface area contributed by atoms with Crippen molar-refractivity contribution in [2.45, 2.75) is 38.1 Å². The summed E-state index contributed by atoms with van der Waals surface area (Å²) in [5.74, 6) is -1.97. The van der Waals surface area contributed by atoms with Crippen LogP contribution in [0.1, 0.15) is 48.5 Å². The highest BCUT2D eigenvalue weighted by molar-refractivity contribution is 5.94. The summed E-state index contributed by atoms with van der Waals surface area (Å²) < 4.78 is 31.9. The molecule has 2 aromatic rings. The largest absolute Gasteiger partial charge is 0.477 e. The molecule has 27 heavy (non-hydrogen) atoms. The van der Waals surface area contributed by atoms with Crippen molar-refractivity contribution in [3.8, 4) is 0 Å². The number of aromatic carboxylic acids is 1. The molecule has 1 aliphatic heterocycles. The third-order valence-corrected chi connectivity index (χ3v) is 6.40.